The minimum absolute atomic E-state index is 0.642. The summed E-state index contributed by atoms with van der Waals surface area (Å²) in [5.74, 6) is 0.719. The second-order valence-electron chi connectivity index (χ2n) is 4.51. The Morgan fingerprint density at radius 2 is 1.64 bits per heavy atom. The van der Waals surface area contributed by atoms with Crippen molar-refractivity contribution in [3.8, 4) is 0 Å². The molecule has 0 spiro atoms. The summed E-state index contributed by atoms with van der Waals surface area (Å²) < 4.78 is 0. The molecule has 0 atom stereocenters. The first kappa shape index (κ1) is 11.3. The van der Waals surface area contributed by atoms with Crippen LogP contribution < -0.4 is 5.73 Å². The van der Waals surface area contributed by atoms with Crippen LogP contribution >= 0.6 is 0 Å². The normalized spacial score (nSPS) is 11.0. The highest BCUT2D eigenvalue weighted by Crippen LogP contribution is 2.19. The molecule has 0 saturated heterocycles. The standard InChI is InChI=1S/C13H21N/c1-9(2)5-13-10(3)6-12(8-14)7-11(13)4/h6-7,9H,5,8,14H2,1-4H3. The second kappa shape index (κ2) is 4.61. The predicted octanol–water partition coefficient (Wildman–Crippen LogP) is 2.96. The minimum atomic E-state index is 0.642. The quantitative estimate of drug-likeness (QED) is 0.781. The van der Waals surface area contributed by atoms with E-state index in [2.05, 4.69) is 39.8 Å². The molecule has 2 N–H and O–H groups in total. The number of aryl methyl sites for hydroxylation is 2. The lowest BCUT2D eigenvalue weighted by atomic mass is 9.93. The van der Waals surface area contributed by atoms with Crippen LogP contribution in [0.15, 0.2) is 12.1 Å². The zero-order valence-electron chi connectivity index (χ0n) is 9.72. The van der Waals surface area contributed by atoms with Gasteiger partial charge in [-0.1, -0.05) is 26.0 Å². The monoisotopic (exact) mass is 191 g/mol. The molecule has 1 rings (SSSR count). The predicted molar refractivity (Wildman–Crippen MR) is 62.3 cm³/mol. The number of rotatable bonds is 3. The van der Waals surface area contributed by atoms with Gasteiger partial charge in [0.2, 0.25) is 0 Å². The topological polar surface area (TPSA) is 26.0 Å². The summed E-state index contributed by atoms with van der Waals surface area (Å²) in [5.41, 5.74) is 11.2. The van der Waals surface area contributed by atoms with Gasteiger partial charge in [-0.25, -0.2) is 0 Å². The fourth-order valence-corrected chi connectivity index (χ4v) is 1.93. The Kier molecular flexibility index (Phi) is 3.70. The van der Waals surface area contributed by atoms with Crippen molar-refractivity contribution in [2.45, 2.75) is 40.7 Å². The highest BCUT2D eigenvalue weighted by Gasteiger charge is 2.06. The van der Waals surface area contributed by atoms with Crippen LogP contribution in [-0.2, 0) is 13.0 Å². The third-order valence-corrected chi connectivity index (χ3v) is 2.60. The van der Waals surface area contributed by atoms with Gasteiger partial charge < -0.3 is 5.73 Å². The summed E-state index contributed by atoms with van der Waals surface area (Å²) in [7, 11) is 0. The average molecular weight is 191 g/mol. The van der Waals surface area contributed by atoms with E-state index >= 15 is 0 Å². The lowest BCUT2D eigenvalue weighted by Crippen LogP contribution is -2.03. The van der Waals surface area contributed by atoms with Crippen LogP contribution in [0.4, 0.5) is 0 Å². The van der Waals surface area contributed by atoms with E-state index < -0.39 is 0 Å². The van der Waals surface area contributed by atoms with Gasteiger partial charge in [0.05, 0.1) is 0 Å². The van der Waals surface area contributed by atoms with Crippen LogP contribution in [0.3, 0.4) is 0 Å². The van der Waals surface area contributed by atoms with E-state index in [-0.39, 0.29) is 0 Å². The van der Waals surface area contributed by atoms with E-state index in [1.54, 1.807) is 0 Å². The summed E-state index contributed by atoms with van der Waals surface area (Å²) in [6.45, 7) is 9.53. The average Bonchev–Trinajstić information content (AvgIpc) is 2.10. The Balaban J connectivity index is 3.05. The summed E-state index contributed by atoms with van der Waals surface area (Å²) in [6, 6.07) is 4.43. The Morgan fingerprint density at radius 1 is 1.14 bits per heavy atom. The fourth-order valence-electron chi connectivity index (χ4n) is 1.93. The Morgan fingerprint density at radius 3 is 2.00 bits per heavy atom. The van der Waals surface area contributed by atoms with Gasteiger partial charge in [0.15, 0.2) is 0 Å². The minimum Gasteiger partial charge on any atom is -0.326 e. The van der Waals surface area contributed by atoms with Gasteiger partial charge in [-0.2, -0.15) is 0 Å². The van der Waals surface area contributed by atoms with E-state index in [1.165, 1.54) is 28.7 Å². The molecule has 0 aliphatic heterocycles. The van der Waals surface area contributed by atoms with Crippen molar-refractivity contribution in [1.82, 2.24) is 0 Å². The van der Waals surface area contributed by atoms with E-state index in [0.29, 0.717) is 6.54 Å². The summed E-state index contributed by atoms with van der Waals surface area (Å²) in [4.78, 5) is 0. The molecule has 0 radical (unpaired) electrons. The highest BCUT2D eigenvalue weighted by molar-refractivity contribution is 5.38. The van der Waals surface area contributed by atoms with Gasteiger partial charge >= 0.3 is 0 Å². The molecular formula is C13H21N. The van der Waals surface area contributed by atoms with Gasteiger partial charge in [0.25, 0.3) is 0 Å². The molecule has 0 aliphatic carbocycles. The first-order chi connectivity index (χ1) is 6.54. The number of nitrogens with two attached hydrogens (primary N) is 1. The van der Waals surface area contributed by atoms with E-state index in [1.807, 2.05) is 0 Å². The van der Waals surface area contributed by atoms with Crippen molar-refractivity contribution < 1.29 is 0 Å². The van der Waals surface area contributed by atoms with Crippen LogP contribution in [0, 0.1) is 19.8 Å². The molecule has 0 aromatic heterocycles. The first-order valence-corrected chi connectivity index (χ1v) is 5.33. The number of benzene rings is 1. The maximum atomic E-state index is 5.64. The molecule has 0 heterocycles. The molecule has 0 unspecified atom stereocenters. The van der Waals surface area contributed by atoms with Crippen molar-refractivity contribution in [2.75, 3.05) is 0 Å². The molecule has 14 heavy (non-hydrogen) atoms. The summed E-state index contributed by atoms with van der Waals surface area (Å²) in [5, 5.41) is 0. The van der Waals surface area contributed by atoms with E-state index in [4.69, 9.17) is 5.73 Å². The number of hydrogen-bond acceptors (Lipinski definition) is 1. The maximum Gasteiger partial charge on any atom is 0.0178 e. The third kappa shape index (κ3) is 2.58. The van der Waals surface area contributed by atoms with Crippen LogP contribution in [-0.4, -0.2) is 0 Å². The van der Waals surface area contributed by atoms with Crippen LogP contribution in [0.5, 0.6) is 0 Å². The molecule has 1 nitrogen and oxygen atoms in total. The molecule has 1 aromatic rings. The van der Waals surface area contributed by atoms with Gasteiger partial charge in [-0.3, -0.25) is 0 Å². The molecular weight excluding hydrogens is 170 g/mol. The maximum absolute atomic E-state index is 5.64. The van der Waals surface area contributed by atoms with E-state index in [0.717, 1.165) is 5.92 Å². The Hall–Kier alpha value is -0.820. The SMILES string of the molecule is Cc1cc(CN)cc(C)c1CC(C)C. The molecule has 1 aromatic carbocycles. The van der Waals surface area contributed by atoms with Crippen molar-refractivity contribution in [3.05, 3.63) is 34.4 Å². The van der Waals surface area contributed by atoms with Crippen molar-refractivity contribution in [1.29, 1.82) is 0 Å². The Bertz CT molecular complexity index is 290. The van der Waals surface area contributed by atoms with Crippen molar-refractivity contribution in [2.24, 2.45) is 11.7 Å². The lowest BCUT2D eigenvalue weighted by molar-refractivity contribution is 0.642. The summed E-state index contributed by atoms with van der Waals surface area (Å²) in [6.07, 6.45) is 1.17. The zero-order valence-corrected chi connectivity index (χ0v) is 9.72. The van der Waals surface area contributed by atoms with Crippen molar-refractivity contribution >= 4 is 0 Å². The zero-order chi connectivity index (χ0) is 10.7. The number of hydrogen-bond donors (Lipinski definition) is 1. The van der Waals surface area contributed by atoms with Crippen molar-refractivity contribution in [3.63, 3.8) is 0 Å². The largest absolute Gasteiger partial charge is 0.326 e. The Labute approximate surface area is 87.3 Å². The second-order valence-corrected chi connectivity index (χ2v) is 4.51. The molecule has 78 valence electrons. The van der Waals surface area contributed by atoms with Gasteiger partial charge in [-0.05, 0) is 48.4 Å². The van der Waals surface area contributed by atoms with Gasteiger partial charge in [0, 0.05) is 6.54 Å². The van der Waals surface area contributed by atoms with Gasteiger partial charge in [-0.15, -0.1) is 0 Å². The first-order valence-electron chi connectivity index (χ1n) is 5.33. The molecule has 0 bridgehead atoms. The smallest absolute Gasteiger partial charge is 0.0178 e. The molecule has 0 saturated carbocycles. The lowest BCUT2D eigenvalue weighted by Gasteiger charge is -2.13. The third-order valence-electron chi connectivity index (χ3n) is 2.60. The molecule has 0 fully saturated rings. The van der Waals surface area contributed by atoms with Gasteiger partial charge in [0.1, 0.15) is 0 Å². The van der Waals surface area contributed by atoms with E-state index in [9.17, 15) is 0 Å². The summed E-state index contributed by atoms with van der Waals surface area (Å²) >= 11 is 0. The molecule has 1 heteroatoms. The molecule has 0 aliphatic rings. The molecule has 0 amide bonds. The fraction of sp³-hybridized carbons (Fsp3) is 0.538. The van der Waals surface area contributed by atoms with Crippen LogP contribution in [0.1, 0.15) is 36.1 Å². The van der Waals surface area contributed by atoms with Crippen LogP contribution in [0.2, 0.25) is 0 Å². The highest BCUT2D eigenvalue weighted by atomic mass is 14.5. The van der Waals surface area contributed by atoms with Crippen LogP contribution in [0.25, 0.3) is 0 Å².